The SMILES string of the molecule is CCOc1cc(/C=C/C(=O)NCCOc2cccc(OC)c2)cc(Cl)c1OC. The van der Waals surface area contributed by atoms with Gasteiger partial charge in [0, 0.05) is 12.1 Å². The third kappa shape index (κ3) is 6.39. The van der Waals surface area contributed by atoms with Gasteiger partial charge in [-0.3, -0.25) is 4.79 Å². The Kier molecular flexibility index (Phi) is 8.49. The first-order valence-corrected chi connectivity index (χ1v) is 9.18. The summed E-state index contributed by atoms with van der Waals surface area (Å²) in [5.74, 6) is 2.16. The minimum Gasteiger partial charge on any atom is -0.497 e. The second kappa shape index (κ2) is 11.1. The van der Waals surface area contributed by atoms with E-state index in [1.165, 1.54) is 13.2 Å². The van der Waals surface area contributed by atoms with E-state index in [0.717, 1.165) is 5.56 Å². The number of ether oxygens (including phenoxy) is 4. The van der Waals surface area contributed by atoms with E-state index in [0.29, 0.717) is 47.8 Å². The topological polar surface area (TPSA) is 66.0 Å². The molecule has 1 N–H and O–H groups in total. The molecule has 0 spiro atoms. The van der Waals surface area contributed by atoms with Crippen molar-refractivity contribution in [1.82, 2.24) is 5.32 Å². The highest BCUT2D eigenvalue weighted by Gasteiger charge is 2.10. The van der Waals surface area contributed by atoms with Gasteiger partial charge in [-0.25, -0.2) is 0 Å². The zero-order valence-electron chi connectivity index (χ0n) is 16.2. The molecule has 0 aliphatic rings. The minimum absolute atomic E-state index is 0.237. The summed E-state index contributed by atoms with van der Waals surface area (Å²) in [7, 11) is 3.12. The number of hydrogen-bond acceptors (Lipinski definition) is 5. The zero-order valence-corrected chi connectivity index (χ0v) is 16.9. The number of carbonyl (C=O) groups excluding carboxylic acids is 1. The molecule has 28 heavy (non-hydrogen) atoms. The maximum absolute atomic E-state index is 12.0. The molecule has 0 aromatic heterocycles. The highest BCUT2D eigenvalue weighted by Crippen LogP contribution is 2.36. The summed E-state index contributed by atoms with van der Waals surface area (Å²) in [6.07, 6.45) is 3.09. The average molecular weight is 406 g/mol. The smallest absolute Gasteiger partial charge is 0.244 e. The van der Waals surface area contributed by atoms with Gasteiger partial charge in [0.15, 0.2) is 11.5 Å². The summed E-state index contributed by atoms with van der Waals surface area (Å²) in [5.41, 5.74) is 0.733. The van der Waals surface area contributed by atoms with Crippen molar-refractivity contribution >= 4 is 23.6 Å². The Bertz CT molecular complexity index is 822. The number of amides is 1. The Labute approximate surface area is 170 Å². The third-order valence-electron chi connectivity index (χ3n) is 3.67. The first-order chi connectivity index (χ1) is 13.6. The Morgan fingerprint density at radius 1 is 1.11 bits per heavy atom. The van der Waals surface area contributed by atoms with E-state index in [-0.39, 0.29) is 5.91 Å². The predicted octanol–water partition coefficient (Wildman–Crippen LogP) is 3.96. The van der Waals surface area contributed by atoms with E-state index in [1.54, 1.807) is 31.4 Å². The largest absolute Gasteiger partial charge is 0.497 e. The van der Waals surface area contributed by atoms with E-state index in [2.05, 4.69) is 5.32 Å². The Morgan fingerprint density at radius 3 is 2.61 bits per heavy atom. The van der Waals surface area contributed by atoms with Crippen molar-refractivity contribution in [3.63, 3.8) is 0 Å². The van der Waals surface area contributed by atoms with Crippen LogP contribution in [0.4, 0.5) is 0 Å². The molecule has 6 nitrogen and oxygen atoms in total. The lowest BCUT2D eigenvalue weighted by Crippen LogP contribution is -2.26. The molecule has 0 saturated carbocycles. The average Bonchev–Trinajstić information content (AvgIpc) is 2.70. The Balaban J connectivity index is 1.86. The molecular formula is C21H24ClNO5. The fourth-order valence-electron chi connectivity index (χ4n) is 2.41. The standard InChI is InChI=1S/C21H24ClNO5/c1-4-27-19-13-15(12-18(22)21(19)26-3)8-9-20(24)23-10-11-28-17-7-5-6-16(14-17)25-2/h5-9,12-14H,4,10-11H2,1-3H3,(H,23,24)/b9-8+. The third-order valence-corrected chi connectivity index (χ3v) is 3.95. The van der Waals surface area contributed by atoms with Crippen LogP contribution in [0.15, 0.2) is 42.5 Å². The van der Waals surface area contributed by atoms with Gasteiger partial charge in [0.05, 0.1) is 32.4 Å². The molecule has 7 heteroatoms. The molecule has 0 aliphatic heterocycles. The van der Waals surface area contributed by atoms with Crippen molar-refractivity contribution in [2.75, 3.05) is 34.0 Å². The van der Waals surface area contributed by atoms with Gasteiger partial charge in [-0.15, -0.1) is 0 Å². The molecule has 0 fully saturated rings. The summed E-state index contributed by atoms with van der Waals surface area (Å²) in [4.78, 5) is 12.0. The van der Waals surface area contributed by atoms with Crippen LogP contribution in [-0.4, -0.2) is 39.9 Å². The summed E-state index contributed by atoms with van der Waals surface area (Å²) in [5, 5.41) is 3.17. The van der Waals surface area contributed by atoms with E-state index in [9.17, 15) is 4.79 Å². The number of methoxy groups -OCH3 is 2. The normalized spacial score (nSPS) is 10.6. The van der Waals surface area contributed by atoms with Crippen LogP contribution in [-0.2, 0) is 4.79 Å². The fraction of sp³-hybridized carbons (Fsp3) is 0.286. The van der Waals surface area contributed by atoms with Crippen LogP contribution >= 0.6 is 11.6 Å². The molecule has 0 unspecified atom stereocenters. The van der Waals surface area contributed by atoms with Gasteiger partial charge in [-0.1, -0.05) is 17.7 Å². The van der Waals surface area contributed by atoms with E-state index in [1.807, 2.05) is 25.1 Å². The lowest BCUT2D eigenvalue weighted by Gasteiger charge is -2.11. The van der Waals surface area contributed by atoms with Crippen LogP contribution < -0.4 is 24.3 Å². The lowest BCUT2D eigenvalue weighted by atomic mass is 10.2. The van der Waals surface area contributed by atoms with Crippen molar-refractivity contribution in [1.29, 1.82) is 0 Å². The quantitative estimate of drug-likeness (QED) is 0.478. The van der Waals surface area contributed by atoms with Crippen LogP contribution in [0.25, 0.3) is 6.08 Å². The molecule has 0 saturated heterocycles. The molecule has 0 heterocycles. The fourth-order valence-corrected chi connectivity index (χ4v) is 2.71. The van der Waals surface area contributed by atoms with Gasteiger partial charge in [0.25, 0.3) is 0 Å². The maximum Gasteiger partial charge on any atom is 0.244 e. The zero-order chi connectivity index (χ0) is 20.4. The van der Waals surface area contributed by atoms with Crippen molar-refractivity contribution in [3.8, 4) is 23.0 Å². The molecule has 2 rings (SSSR count). The summed E-state index contributed by atoms with van der Waals surface area (Å²) in [6, 6.07) is 10.8. The van der Waals surface area contributed by atoms with Crippen LogP contribution in [0.3, 0.4) is 0 Å². The number of carbonyl (C=O) groups is 1. The van der Waals surface area contributed by atoms with E-state index < -0.39 is 0 Å². The number of rotatable bonds is 10. The van der Waals surface area contributed by atoms with Gasteiger partial charge in [0.1, 0.15) is 18.1 Å². The van der Waals surface area contributed by atoms with Gasteiger partial charge >= 0.3 is 0 Å². The van der Waals surface area contributed by atoms with Gasteiger partial charge in [-0.05, 0) is 42.8 Å². The molecule has 0 atom stereocenters. The first kappa shape index (κ1) is 21.4. The molecule has 0 bridgehead atoms. The summed E-state index contributed by atoms with van der Waals surface area (Å²) >= 11 is 6.20. The minimum atomic E-state index is -0.237. The molecule has 0 aliphatic carbocycles. The maximum atomic E-state index is 12.0. The van der Waals surface area contributed by atoms with E-state index >= 15 is 0 Å². The van der Waals surface area contributed by atoms with Gasteiger partial charge in [-0.2, -0.15) is 0 Å². The number of nitrogens with one attached hydrogen (secondary N) is 1. The summed E-state index contributed by atoms with van der Waals surface area (Å²) in [6.45, 7) is 3.06. The van der Waals surface area contributed by atoms with Crippen LogP contribution in [0.2, 0.25) is 5.02 Å². The van der Waals surface area contributed by atoms with Crippen LogP contribution in [0, 0.1) is 0 Å². The van der Waals surface area contributed by atoms with Crippen molar-refractivity contribution in [2.45, 2.75) is 6.92 Å². The van der Waals surface area contributed by atoms with Crippen LogP contribution in [0.5, 0.6) is 23.0 Å². The number of benzene rings is 2. The Morgan fingerprint density at radius 2 is 1.89 bits per heavy atom. The number of halogens is 1. The Hall–Kier alpha value is -2.86. The monoisotopic (exact) mass is 405 g/mol. The molecule has 2 aromatic rings. The van der Waals surface area contributed by atoms with Gasteiger partial charge in [0.2, 0.25) is 5.91 Å². The molecule has 150 valence electrons. The van der Waals surface area contributed by atoms with Crippen molar-refractivity contribution < 1.29 is 23.7 Å². The molecule has 1 amide bonds. The summed E-state index contributed by atoms with van der Waals surface area (Å²) < 4.78 is 21.5. The predicted molar refractivity (Wildman–Crippen MR) is 110 cm³/mol. The molecule has 2 aromatic carbocycles. The highest BCUT2D eigenvalue weighted by atomic mass is 35.5. The highest BCUT2D eigenvalue weighted by molar-refractivity contribution is 6.32. The molecular weight excluding hydrogens is 382 g/mol. The van der Waals surface area contributed by atoms with Crippen molar-refractivity contribution in [3.05, 3.63) is 53.1 Å². The second-order valence-electron chi connectivity index (χ2n) is 5.62. The molecule has 0 radical (unpaired) electrons. The van der Waals surface area contributed by atoms with Crippen molar-refractivity contribution in [2.24, 2.45) is 0 Å². The number of hydrogen-bond donors (Lipinski definition) is 1. The first-order valence-electron chi connectivity index (χ1n) is 8.80. The van der Waals surface area contributed by atoms with E-state index in [4.69, 9.17) is 30.5 Å². The second-order valence-corrected chi connectivity index (χ2v) is 6.03. The van der Waals surface area contributed by atoms with Gasteiger partial charge < -0.3 is 24.3 Å². The van der Waals surface area contributed by atoms with Crippen LogP contribution in [0.1, 0.15) is 12.5 Å². The lowest BCUT2D eigenvalue weighted by molar-refractivity contribution is -0.116.